The average Bonchev–Trinajstić information content (AvgIpc) is 3.17. The van der Waals surface area contributed by atoms with E-state index in [0.29, 0.717) is 5.41 Å². The van der Waals surface area contributed by atoms with E-state index in [1.54, 1.807) is 12.1 Å². The first-order valence-corrected chi connectivity index (χ1v) is 8.45. The Morgan fingerprint density at radius 1 is 1.13 bits per heavy atom. The summed E-state index contributed by atoms with van der Waals surface area (Å²) in [6.45, 7) is 5.67. The third-order valence-electron chi connectivity index (χ3n) is 5.32. The van der Waals surface area contributed by atoms with Crippen LogP contribution in [-0.4, -0.2) is 40.9 Å². The minimum Gasteiger partial charge on any atom is -0.317 e. The molecule has 23 heavy (non-hydrogen) atoms. The Bertz CT molecular complexity index is 658. The monoisotopic (exact) mass is 314 g/mol. The highest BCUT2D eigenvalue weighted by molar-refractivity contribution is 5.31. The lowest BCUT2D eigenvalue weighted by molar-refractivity contribution is 0.194. The zero-order chi connectivity index (χ0) is 15.7. The number of halogens is 1. The van der Waals surface area contributed by atoms with E-state index >= 15 is 0 Å². The summed E-state index contributed by atoms with van der Waals surface area (Å²) in [4.78, 5) is 2.55. The number of hydrogen-bond donors (Lipinski definition) is 1. The fourth-order valence-electron chi connectivity index (χ4n) is 3.96. The summed E-state index contributed by atoms with van der Waals surface area (Å²) in [5.74, 6) is -0.217. The summed E-state index contributed by atoms with van der Waals surface area (Å²) in [7, 11) is 0. The van der Waals surface area contributed by atoms with Crippen molar-refractivity contribution in [3.63, 3.8) is 0 Å². The van der Waals surface area contributed by atoms with E-state index in [2.05, 4.69) is 21.5 Å². The number of nitrogens with zero attached hydrogens (tertiary/aromatic N) is 3. The third kappa shape index (κ3) is 3.16. The van der Waals surface area contributed by atoms with Crippen molar-refractivity contribution in [1.82, 2.24) is 20.0 Å². The maximum Gasteiger partial charge on any atom is 0.123 e. The van der Waals surface area contributed by atoms with Crippen molar-refractivity contribution in [3.8, 4) is 5.69 Å². The van der Waals surface area contributed by atoms with Gasteiger partial charge in [0.1, 0.15) is 5.82 Å². The average molecular weight is 314 g/mol. The highest BCUT2D eigenvalue weighted by Crippen LogP contribution is 2.38. The molecule has 4 nitrogen and oxygen atoms in total. The standard InChI is InChI=1S/C18H23FN4/c19-16-1-3-17(4-2-16)23-13-15(11-21-23)12-22-10-7-18(14-22)5-8-20-9-6-18/h1-4,11,13,20H,5-10,12,14H2. The number of hydrogen-bond acceptors (Lipinski definition) is 3. The Morgan fingerprint density at radius 2 is 1.91 bits per heavy atom. The number of likely N-dealkylation sites (tertiary alicyclic amines) is 1. The molecule has 3 heterocycles. The molecule has 0 bridgehead atoms. The van der Waals surface area contributed by atoms with E-state index in [-0.39, 0.29) is 5.82 Å². The van der Waals surface area contributed by atoms with Crippen LogP contribution >= 0.6 is 0 Å². The zero-order valence-corrected chi connectivity index (χ0v) is 13.3. The highest BCUT2D eigenvalue weighted by atomic mass is 19.1. The summed E-state index contributed by atoms with van der Waals surface area (Å²) in [6, 6.07) is 6.45. The molecule has 1 spiro atoms. The highest BCUT2D eigenvalue weighted by Gasteiger charge is 2.38. The molecule has 1 aromatic carbocycles. The molecule has 0 aliphatic carbocycles. The first-order chi connectivity index (χ1) is 11.2. The summed E-state index contributed by atoms with van der Waals surface area (Å²) >= 11 is 0. The zero-order valence-electron chi connectivity index (χ0n) is 13.3. The van der Waals surface area contributed by atoms with E-state index < -0.39 is 0 Å². The lowest BCUT2D eigenvalue weighted by atomic mass is 9.78. The molecule has 4 rings (SSSR count). The van der Waals surface area contributed by atoms with Gasteiger partial charge in [-0.25, -0.2) is 9.07 Å². The van der Waals surface area contributed by atoms with Crippen molar-refractivity contribution in [2.75, 3.05) is 26.2 Å². The Kier molecular flexibility index (Phi) is 3.91. The molecule has 0 atom stereocenters. The molecule has 2 aliphatic rings. The fourth-order valence-corrected chi connectivity index (χ4v) is 3.96. The summed E-state index contributed by atoms with van der Waals surface area (Å²) in [5, 5.41) is 7.89. The van der Waals surface area contributed by atoms with Crippen LogP contribution in [0.1, 0.15) is 24.8 Å². The van der Waals surface area contributed by atoms with Crippen LogP contribution in [0.5, 0.6) is 0 Å². The van der Waals surface area contributed by atoms with Gasteiger partial charge < -0.3 is 5.32 Å². The topological polar surface area (TPSA) is 33.1 Å². The largest absolute Gasteiger partial charge is 0.317 e. The van der Waals surface area contributed by atoms with Crippen molar-refractivity contribution in [2.24, 2.45) is 5.41 Å². The summed E-state index contributed by atoms with van der Waals surface area (Å²) in [6.07, 6.45) is 7.91. The second-order valence-electron chi connectivity index (χ2n) is 6.98. The molecule has 2 aromatic rings. The van der Waals surface area contributed by atoms with Crippen LogP contribution in [0.2, 0.25) is 0 Å². The smallest absolute Gasteiger partial charge is 0.123 e. The molecule has 0 saturated carbocycles. The Balaban J connectivity index is 1.41. The van der Waals surface area contributed by atoms with Gasteiger partial charge in [-0.3, -0.25) is 4.90 Å². The predicted octanol–water partition coefficient (Wildman–Crippen LogP) is 2.59. The van der Waals surface area contributed by atoms with Crippen molar-refractivity contribution in [1.29, 1.82) is 0 Å². The van der Waals surface area contributed by atoms with Crippen LogP contribution in [0.25, 0.3) is 5.69 Å². The fraction of sp³-hybridized carbons (Fsp3) is 0.500. The first-order valence-electron chi connectivity index (χ1n) is 8.45. The van der Waals surface area contributed by atoms with Gasteiger partial charge in [-0.2, -0.15) is 5.10 Å². The van der Waals surface area contributed by atoms with Gasteiger partial charge in [0.2, 0.25) is 0 Å². The van der Waals surface area contributed by atoms with Gasteiger partial charge in [0.05, 0.1) is 11.9 Å². The van der Waals surface area contributed by atoms with Crippen molar-refractivity contribution < 1.29 is 4.39 Å². The number of benzene rings is 1. The van der Waals surface area contributed by atoms with Crippen molar-refractivity contribution in [2.45, 2.75) is 25.8 Å². The van der Waals surface area contributed by atoms with Crippen molar-refractivity contribution >= 4 is 0 Å². The molecule has 122 valence electrons. The predicted molar refractivity (Wildman–Crippen MR) is 88.0 cm³/mol. The maximum absolute atomic E-state index is 13.0. The Hall–Kier alpha value is -1.72. The number of nitrogens with one attached hydrogen (secondary N) is 1. The van der Waals surface area contributed by atoms with Gasteiger partial charge in [0.15, 0.2) is 0 Å². The molecule has 0 radical (unpaired) electrons. The second kappa shape index (κ2) is 6.06. The van der Waals surface area contributed by atoms with Gasteiger partial charge in [-0.05, 0) is 68.6 Å². The molecule has 5 heteroatoms. The Labute approximate surface area is 136 Å². The van der Waals surface area contributed by atoms with Crippen LogP contribution in [-0.2, 0) is 6.54 Å². The molecule has 2 saturated heterocycles. The van der Waals surface area contributed by atoms with Crippen molar-refractivity contribution in [3.05, 3.63) is 48.0 Å². The lowest BCUT2D eigenvalue weighted by Crippen LogP contribution is -2.38. The molecular formula is C18H23FN4. The van der Waals surface area contributed by atoms with E-state index in [0.717, 1.165) is 25.3 Å². The molecule has 0 amide bonds. The van der Waals surface area contributed by atoms with Gasteiger partial charge in [0.25, 0.3) is 0 Å². The van der Waals surface area contributed by atoms with E-state index in [4.69, 9.17) is 0 Å². The molecule has 0 unspecified atom stereocenters. The lowest BCUT2D eigenvalue weighted by Gasteiger charge is -2.33. The van der Waals surface area contributed by atoms with Gasteiger partial charge in [-0.15, -0.1) is 0 Å². The van der Waals surface area contributed by atoms with E-state index in [1.807, 2.05) is 10.9 Å². The third-order valence-corrected chi connectivity index (χ3v) is 5.32. The Morgan fingerprint density at radius 3 is 2.70 bits per heavy atom. The summed E-state index contributed by atoms with van der Waals surface area (Å²) in [5.41, 5.74) is 2.66. The molecular weight excluding hydrogens is 291 g/mol. The van der Waals surface area contributed by atoms with Gasteiger partial charge in [0, 0.05) is 24.8 Å². The van der Waals surface area contributed by atoms with Crippen LogP contribution in [0.4, 0.5) is 4.39 Å². The van der Waals surface area contributed by atoms with Gasteiger partial charge >= 0.3 is 0 Å². The number of piperidine rings is 1. The van der Waals surface area contributed by atoms with Gasteiger partial charge in [-0.1, -0.05) is 0 Å². The van der Waals surface area contributed by atoms with Crippen LogP contribution in [0.15, 0.2) is 36.7 Å². The molecule has 1 N–H and O–H groups in total. The van der Waals surface area contributed by atoms with E-state index in [9.17, 15) is 4.39 Å². The molecule has 2 fully saturated rings. The minimum atomic E-state index is -0.217. The minimum absolute atomic E-state index is 0.217. The quantitative estimate of drug-likeness (QED) is 0.945. The number of aromatic nitrogens is 2. The summed E-state index contributed by atoms with van der Waals surface area (Å²) < 4.78 is 14.8. The molecule has 2 aliphatic heterocycles. The normalized spacial score (nSPS) is 21.1. The number of rotatable bonds is 3. The van der Waals surface area contributed by atoms with Crippen LogP contribution in [0, 0.1) is 11.2 Å². The van der Waals surface area contributed by atoms with Crippen LogP contribution < -0.4 is 5.32 Å². The first kappa shape index (κ1) is 14.8. The van der Waals surface area contributed by atoms with Crippen LogP contribution in [0.3, 0.4) is 0 Å². The maximum atomic E-state index is 13.0. The van der Waals surface area contributed by atoms with E-state index in [1.165, 1.54) is 50.0 Å². The second-order valence-corrected chi connectivity index (χ2v) is 6.98. The molecule has 1 aromatic heterocycles. The SMILES string of the molecule is Fc1ccc(-n2cc(CN3CCC4(CCNCC4)C3)cn2)cc1.